The van der Waals surface area contributed by atoms with Gasteiger partial charge in [-0.2, -0.15) is 0 Å². The number of phosphoric acid groups is 1. The van der Waals surface area contributed by atoms with E-state index in [1.165, 1.54) is 102 Å². The van der Waals surface area contributed by atoms with Crippen molar-refractivity contribution < 1.29 is 19.2 Å². The molecule has 0 aliphatic carbocycles. The predicted molar refractivity (Wildman–Crippen MR) is 104 cm³/mol. The molecule has 0 bridgehead atoms. The first-order chi connectivity index (χ1) is 11.4. The van der Waals surface area contributed by atoms with E-state index < -0.39 is 7.82 Å². The topological polar surface area (TPSA) is 77.8 Å². The van der Waals surface area contributed by atoms with Crippen LogP contribution in [0.1, 0.15) is 84.0 Å². The van der Waals surface area contributed by atoms with Crippen LogP contribution in [-0.2, 0) is 4.57 Å². The summed E-state index contributed by atoms with van der Waals surface area (Å²) in [5.41, 5.74) is 0. The van der Waals surface area contributed by atoms with Crippen LogP contribution in [-0.4, -0.2) is 42.6 Å². The fraction of sp³-hybridized carbons (Fsp3) is 0.778. The van der Waals surface area contributed by atoms with Gasteiger partial charge in [0.05, 0.1) is 0 Å². The first kappa shape index (κ1) is 26.8. The van der Waals surface area contributed by atoms with Crippen LogP contribution in [0, 0.1) is 0 Å². The summed E-state index contributed by atoms with van der Waals surface area (Å²) in [5.74, 6) is 0. The van der Waals surface area contributed by atoms with Crippen LogP contribution in [0.25, 0.3) is 0 Å². The Bertz CT molecular complexity index is 332. The normalized spacial score (nSPS) is 11.9. The second-order valence-corrected chi connectivity index (χ2v) is 8.12. The molecule has 0 aromatic rings. The van der Waals surface area contributed by atoms with E-state index in [0.717, 1.165) is 6.42 Å². The van der Waals surface area contributed by atoms with E-state index in [4.69, 9.17) is 19.2 Å². The van der Waals surface area contributed by atoms with E-state index in [1.807, 2.05) is 0 Å². The smallest absolute Gasteiger partial charge is 0.303 e. The van der Waals surface area contributed by atoms with Gasteiger partial charge in [-0.3, -0.25) is 0 Å². The van der Waals surface area contributed by atoms with Gasteiger partial charge in [0.15, 0.2) is 0 Å². The monoisotopic (exact) mass is 370 g/mol. The first-order valence-corrected chi connectivity index (χ1v) is 12.5. The van der Waals surface area contributed by atoms with Gasteiger partial charge < -0.3 is 14.7 Å². The Morgan fingerprint density at radius 2 is 1.17 bits per heavy atom. The first-order valence-electron chi connectivity index (χ1n) is 9.50. The summed E-state index contributed by atoms with van der Waals surface area (Å²) in [4.78, 5) is 21.6. The summed E-state index contributed by atoms with van der Waals surface area (Å²) in [6.45, 7) is 2.26. The molecule has 0 saturated carbocycles. The quantitative estimate of drug-likeness (QED) is 0.164. The molecule has 4 nitrogen and oxygen atoms in total. The molecule has 0 aliphatic heterocycles. The van der Waals surface area contributed by atoms with Crippen LogP contribution in [0.2, 0.25) is 3.67 Å². The SMILES string of the molecule is CCCCC/C=C\C/C=C\CCCCCCC[CH2][Na].O=P(O)(O)O. The Morgan fingerprint density at radius 1 is 0.750 bits per heavy atom. The molecule has 0 saturated heterocycles. The van der Waals surface area contributed by atoms with Crippen LogP contribution in [0.5, 0.6) is 0 Å². The van der Waals surface area contributed by atoms with Crippen molar-refractivity contribution >= 4 is 35.8 Å². The van der Waals surface area contributed by atoms with Gasteiger partial charge >= 0.3 is 109 Å². The van der Waals surface area contributed by atoms with Gasteiger partial charge in [0, 0.05) is 0 Å². The number of rotatable bonds is 14. The van der Waals surface area contributed by atoms with E-state index in [9.17, 15) is 0 Å². The average Bonchev–Trinajstić information content (AvgIpc) is 2.49. The van der Waals surface area contributed by atoms with Crippen LogP contribution >= 0.6 is 7.82 Å². The largest absolute Gasteiger partial charge is 0.466 e. The second-order valence-electron chi connectivity index (χ2n) is 6.10. The summed E-state index contributed by atoms with van der Waals surface area (Å²) < 4.78 is 10.4. The molecule has 0 spiro atoms. The maximum absolute atomic E-state index is 8.88. The number of hydrogen-bond acceptors (Lipinski definition) is 1. The Kier molecular flexibility index (Phi) is 24.2. The fourth-order valence-corrected chi connectivity index (χ4v) is 2.74. The summed E-state index contributed by atoms with van der Waals surface area (Å²) >= 11 is 1.40. The summed E-state index contributed by atoms with van der Waals surface area (Å²) in [5, 5.41) is 0. The molecule has 0 atom stereocenters. The maximum atomic E-state index is 8.88. The Labute approximate surface area is 166 Å². The van der Waals surface area contributed by atoms with Gasteiger partial charge in [-0.25, -0.2) is 4.57 Å². The second kappa shape index (κ2) is 21.6. The fourth-order valence-electron chi connectivity index (χ4n) is 2.24. The van der Waals surface area contributed by atoms with Crippen LogP contribution in [0.4, 0.5) is 0 Å². The third kappa shape index (κ3) is 38.3. The molecule has 0 fully saturated rings. The standard InChI is InChI=1S/C18H33.Na.H3O4P/c1-3-5-7-9-11-13-15-17-18-16-14-12-10-8-6-4-2;;1-5(2,3)4/h12,14,17-18H,1,3-11,13,15-16H2,2H3;;(H3,1,2,3,4)/b14-12-,18-17-;;. The molecular weight excluding hydrogens is 334 g/mol. The van der Waals surface area contributed by atoms with E-state index in [1.54, 1.807) is 0 Å². The minimum absolute atomic E-state index is 1.13. The van der Waals surface area contributed by atoms with Crippen LogP contribution < -0.4 is 0 Å². The number of allylic oxidation sites excluding steroid dienone is 4. The summed E-state index contributed by atoms with van der Waals surface area (Å²) in [6, 6.07) is 0. The zero-order valence-corrected chi connectivity index (χ0v) is 18.6. The molecule has 0 amide bonds. The maximum Gasteiger partial charge on any atom is 0.466 e. The van der Waals surface area contributed by atoms with Gasteiger partial charge in [0.25, 0.3) is 0 Å². The van der Waals surface area contributed by atoms with Crippen molar-refractivity contribution in [2.24, 2.45) is 0 Å². The van der Waals surface area contributed by atoms with Crippen molar-refractivity contribution in [3.63, 3.8) is 0 Å². The molecule has 138 valence electrons. The predicted octanol–water partition coefficient (Wildman–Crippen LogP) is 5.46. The molecular formula is C18H36NaO4P. The summed E-state index contributed by atoms with van der Waals surface area (Å²) in [6.07, 6.45) is 25.8. The van der Waals surface area contributed by atoms with Crippen LogP contribution in [0.3, 0.4) is 0 Å². The zero-order valence-electron chi connectivity index (χ0n) is 15.7. The molecule has 0 aromatic heterocycles. The van der Waals surface area contributed by atoms with Crippen molar-refractivity contribution in [3.8, 4) is 0 Å². The molecule has 3 N–H and O–H groups in total. The molecule has 6 heteroatoms. The van der Waals surface area contributed by atoms with Crippen molar-refractivity contribution in [1.82, 2.24) is 0 Å². The Morgan fingerprint density at radius 3 is 1.62 bits per heavy atom. The molecule has 0 unspecified atom stereocenters. The number of unbranched alkanes of at least 4 members (excludes halogenated alkanes) is 9. The minimum Gasteiger partial charge on any atom is -0.303 e. The van der Waals surface area contributed by atoms with Gasteiger partial charge in [0.1, 0.15) is 0 Å². The zero-order chi connectivity index (χ0) is 18.5. The van der Waals surface area contributed by atoms with E-state index in [0.29, 0.717) is 0 Å². The van der Waals surface area contributed by atoms with Gasteiger partial charge in [-0.15, -0.1) is 0 Å². The van der Waals surface area contributed by atoms with Crippen LogP contribution in [0.15, 0.2) is 24.3 Å². The summed E-state index contributed by atoms with van der Waals surface area (Å²) in [7, 11) is -4.64. The van der Waals surface area contributed by atoms with Gasteiger partial charge in [-0.05, 0) is 12.8 Å². The van der Waals surface area contributed by atoms with Gasteiger partial charge in [0.2, 0.25) is 0 Å². The van der Waals surface area contributed by atoms with Crippen molar-refractivity contribution in [2.45, 2.75) is 87.6 Å². The van der Waals surface area contributed by atoms with Crippen molar-refractivity contribution in [3.05, 3.63) is 24.3 Å². The van der Waals surface area contributed by atoms with E-state index >= 15 is 0 Å². The Balaban J connectivity index is 0. The Hall–Kier alpha value is 0.590. The van der Waals surface area contributed by atoms with Crippen molar-refractivity contribution in [1.29, 1.82) is 0 Å². The van der Waals surface area contributed by atoms with E-state index in [2.05, 4.69) is 31.2 Å². The molecule has 0 aliphatic rings. The average molecular weight is 370 g/mol. The molecule has 0 heterocycles. The van der Waals surface area contributed by atoms with E-state index in [-0.39, 0.29) is 0 Å². The van der Waals surface area contributed by atoms with Crippen molar-refractivity contribution in [2.75, 3.05) is 0 Å². The molecule has 24 heavy (non-hydrogen) atoms. The third-order valence-corrected chi connectivity index (χ3v) is 4.26. The molecule has 0 radical (unpaired) electrons. The minimum atomic E-state index is -4.64. The molecule has 0 rings (SSSR count). The molecule has 0 aromatic carbocycles. The van der Waals surface area contributed by atoms with Gasteiger partial charge in [-0.1, -0.05) is 25.8 Å². The third-order valence-electron chi connectivity index (χ3n) is 3.55. The number of hydrogen-bond donors (Lipinski definition) is 3.